The second kappa shape index (κ2) is 5.83. The number of sulfone groups is 1. The average Bonchev–Trinajstić information content (AvgIpc) is 2.28. The molecule has 0 aliphatic heterocycles. The summed E-state index contributed by atoms with van der Waals surface area (Å²) in [7, 11) is -5.26. The highest BCUT2D eigenvalue weighted by Gasteiger charge is 2.46. The highest BCUT2D eigenvalue weighted by Crippen LogP contribution is 2.32. The second-order valence-electron chi connectivity index (χ2n) is 4.21. The van der Waals surface area contributed by atoms with E-state index in [1.54, 1.807) is 0 Å². The number of halogens is 4. The second-order valence-corrected chi connectivity index (χ2v) is 7.60. The Kier molecular flexibility index (Phi) is 5.06. The van der Waals surface area contributed by atoms with E-state index in [4.69, 9.17) is 0 Å². The Hall–Kier alpha value is -0.560. The summed E-state index contributed by atoms with van der Waals surface area (Å²) in [5.74, 6) is 0.127. The molecule has 0 radical (unpaired) electrons. The van der Waals surface area contributed by atoms with Gasteiger partial charge in [0, 0.05) is 4.83 Å². The molecule has 19 heavy (non-hydrogen) atoms. The van der Waals surface area contributed by atoms with Gasteiger partial charge in [-0.1, -0.05) is 41.9 Å². The lowest BCUT2D eigenvalue weighted by Gasteiger charge is -2.18. The summed E-state index contributed by atoms with van der Waals surface area (Å²) >= 11 is 3.43. The van der Waals surface area contributed by atoms with Gasteiger partial charge in [-0.25, -0.2) is 8.42 Å². The van der Waals surface area contributed by atoms with E-state index in [2.05, 4.69) is 15.9 Å². The number of rotatable bonds is 4. The van der Waals surface area contributed by atoms with Crippen LogP contribution in [0.2, 0.25) is 0 Å². The van der Waals surface area contributed by atoms with Gasteiger partial charge < -0.3 is 0 Å². The molecule has 0 fully saturated rings. The lowest BCUT2D eigenvalue weighted by atomic mass is 9.94. The molecule has 0 spiro atoms. The number of alkyl halides is 4. The van der Waals surface area contributed by atoms with Crippen molar-refractivity contribution in [1.29, 1.82) is 0 Å². The van der Waals surface area contributed by atoms with Gasteiger partial charge in [-0.2, -0.15) is 13.2 Å². The Labute approximate surface area is 119 Å². The molecule has 0 N–H and O–H groups in total. The summed E-state index contributed by atoms with van der Waals surface area (Å²) in [6.45, 7) is 3.90. The van der Waals surface area contributed by atoms with E-state index in [9.17, 15) is 21.6 Å². The summed E-state index contributed by atoms with van der Waals surface area (Å²) in [6, 6.07) is 4.89. The van der Waals surface area contributed by atoms with Gasteiger partial charge in [-0.15, -0.1) is 0 Å². The molecule has 2 atom stereocenters. The first kappa shape index (κ1) is 16.5. The van der Waals surface area contributed by atoms with Crippen molar-refractivity contribution in [1.82, 2.24) is 0 Å². The Morgan fingerprint density at radius 3 is 2.00 bits per heavy atom. The first-order chi connectivity index (χ1) is 8.61. The number of hydrogen-bond acceptors (Lipinski definition) is 2. The third kappa shape index (κ3) is 3.51. The van der Waals surface area contributed by atoms with Crippen LogP contribution in [0.1, 0.15) is 31.7 Å². The molecule has 0 aliphatic rings. The molecule has 0 aromatic heterocycles. The third-order valence-electron chi connectivity index (χ3n) is 2.92. The standard InChI is InChI=1S/C12H14BrF3O2S/c1-3-11(8(2)13)9-4-6-10(7-5-9)19(17,18)12(14,15)16/h4-8,11H,3H2,1-2H3. The minimum Gasteiger partial charge on any atom is -0.214 e. The molecule has 0 saturated heterocycles. The molecule has 2 unspecified atom stereocenters. The maximum absolute atomic E-state index is 12.4. The van der Waals surface area contributed by atoms with Gasteiger partial charge >= 0.3 is 5.51 Å². The van der Waals surface area contributed by atoms with Crippen LogP contribution in [0.5, 0.6) is 0 Å². The predicted octanol–water partition coefficient (Wildman–Crippen LogP) is 4.26. The average molecular weight is 359 g/mol. The van der Waals surface area contributed by atoms with Gasteiger partial charge in [0.05, 0.1) is 4.90 Å². The largest absolute Gasteiger partial charge is 0.501 e. The first-order valence-electron chi connectivity index (χ1n) is 5.66. The Morgan fingerprint density at radius 1 is 1.21 bits per heavy atom. The van der Waals surface area contributed by atoms with E-state index in [1.807, 2.05) is 13.8 Å². The van der Waals surface area contributed by atoms with Crippen LogP contribution in [0.3, 0.4) is 0 Å². The minimum atomic E-state index is -5.26. The molecule has 0 saturated carbocycles. The van der Waals surface area contributed by atoms with Crippen molar-refractivity contribution >= 4 is 25.8 Å². The lowest BCUT2D eigenvalue weighted by Crippen LogP contribution is -2.23. The van der Waals surface area contributed by atoms with Crippen LogP contribution in [0.4, 0.5) is 13.2 Å². The fourth-order valence-corrected chi connectivity index (χ4v) is 3.29. The van der Waals surface area contributed by atoms with Crippen LogP contribution in [-0.2, 0) is 9.84 Å². The van der Waals surface area contributed by atoms with E-state index < -0.39 is 20.2 Å². The van der Waals surface area contributed by atoms with Crippen molar-refractivity contribution in [2.24, 2.45) is 0 Å². The van der Waals surface area contributed by atoms with Crippen LogP contribution in [0, 0.1) is 0 Å². The monoisotopic (exact) mass is 358 g/mol. The van der Waals surface area contributed by atoms with E-state index in [-0.39, 0.29) is 10.7 Å². The molecule has 0 bridgehead atoms. The van der Waals surface area contributed by atoms with Crippen molar-refractivity contribution in [3.8, 4) is 0 Å². The first-order valence-corrected chi connectivity index (χ1v) is 8.06. The molecule has 0 aliphatic carbocycles. The summed E-state index contributed by atoms with van der Waals surface area (Å²) in [5, 5.41) is 0. The van der Waals surface area contributed by atoms with E-state index in [0.717, 1.165) is 24.1 Å². The van der Waals surface area contributed by atoms with Crippen molar-refractivity contribution in [2.45, 2.75) is 41.4 Å². The number of benzene rings is 1. The summed E-state index contributed by atoms with van der Waals surface area (Å²) in [6.07, 6.45) is 0.803. The van der Waals surface area contributed by atoms with Gasteiger partial charge in [-0.3, -0.25) is 0 Å². The number of hydrogen-bond donors (Lipinski definition) is 0. The smallest absolute Gasteiger partial charge is 0.214 e. The Bertz CT molecular complexity index is 521. The normalized spacial score (nSPS) is 16.1. The van der Waals surface area contributed by atoms with Crippen LogP contribution in [0.15, 0.2) is 29.2 Å². The van der Waals surface area contributed by atoms with Gasteiger partial charge in [0.2, 0.25) is 0 Å². The zero-order chi connectivity index (χ0) is 14.8. The molecule has 1 aromatic carbocycles. The molecule has 0 amide bonds. The van der Waals surface area contributed by atoms with Crippen molar-refractivity contribution in [2.75, 3.05) is 0 Å². The SMILES string of the molecule is CCC(c1ccc(S(=O)(=O)C(F)(F)F)cc1)C(C)Br. The molecule has 0 heterocycles. The summed E-state index contributed by atoms with van der Waals surface area (Å²) in [5.41, 5.74) is -4.45. The van der Waals surface area contributed by atoms with Gasteiger partial charge in [0.15, 0.2) is 0 Å². The van der Waals surface area contributed by atoms with Gasteiger partial charge in [0.25, 0.3) is 9.84 Å². The quantitative estimate of drug-likeness (QED) is 0.753. The molecule has 1 aromatic rings. The highest BCUT2D eigenvalue weighted by atomic mass is 79.9. The Morgan fingerprint density at radius 2 is 1.68 bits per heavy atom. The zero-order valence-corrected chi connectivity index (χ0v) is 12.8. The molecular formula is C12H14BrF3O2S. The third-order valence-corrected chi connectivity index (χ3v) is 5.06. The van der Waals surface area contributed by atoms with Crippen LogP contribution in [0.25, 0.3) is 0 Å². The Balaban J connectivity index is 3.14. The summed E-state index contributed by atoms with van der Waals surface area (Å²) < 4.78 is 59.5. The molecule has 2 nitrogen and oxygen atoms in total. The summed E-state index contributed by atoms with van der Waals surface area (Å²) in [4.78, 5) is -0.566. The molecular weight excluding hydrogens is 345 g/mol. The highest BCUT2D eigenvalue weighted by molar-refractivity contribution is 9.09. The van der Waals surface area contributed by atoms with Crippen LogP contribution in [-0.4, -0.2) is 18.8 Å². The van der Waals surface area contributed by atoms with Crippen molar-refractivity contribution in [3.63, 3.8) is 0 Å². The van der Waals surface area contributed by atoms with E-state index in [0.29, 0.717) is 0 Å². The lowest BCUT2D eigenvalue weighted by molar-refractivity contribution is -0.0436. The fourth-order valence-electron chi connectivity index (χ4n) is 1.85. The van der Waals surface area contributed by atoms with Gasteiger partial charge in [0.1, 0.15) is 0 Å². The maximum Gasteiger partial charge on any atom is 0.501 e. The molecule has 1 rings (SSSR count). The zero-order valence-electron chi connectivity index (χ0n) is 10.4. The van der Waals surface area contributed by atoms with Crippen molar-refractivity contribution in [3.05, 3.63) is 29.8 Å². The molecule has 7 heteroatoms. The van der Waals surface area contributed by atoms with Gasteiger partial charge in [-0.05, 0) is 30.0 Å². The van der Waals surface area contributed by atoms with Crippen LogP contribution >= 0.6 is 15.9 Å². The predicted molar refractivity (Wildman–Crippen MR) is 71.1 cm³/mol. The van der Waals surface area contributed by atoms with E-state index >= 15 is 0 Å². The fraction of sp³-hybridized carbons (Fsp3) is 0.500. The minimum absolute atomic E-state index is 0.127. The van der Waals surface area contributed by atoms with Crippen molar-refractivity contribution < 1.29 is 21.6 Å². The maximum atomic E-state index is 12.4. The topological polar surface area (TPSA) is 34.1 Å². The van der Waals surface area contributed by atoms with E-state index in [1.165, 1.54) is 12.1 Å². The van der Waals surface area contributed by atoms with Crippen LogP contribution < -0.4 is 0 Å². The molecule has 108 valence electrons.